The van der Waals surface area contributed by atoms with Crippen molar-refractivity contribution in [2.45, 2.75) is 24.4 Å². The number of aliphatic hydroxyl groups is 1. The second kappa shape index (κ2) is 8.63. The summed E-state index contributed by atoms with van der Waals surface area (Å²) in [6.45, 7) is 0.103. The Bertz CT molecular complexity index is 1190. The highest BCUT2D eigenvalue weighted by atomic mass is 19.1. The van der Waals surface area contributed by atoms with Gasteiger partial charge in [0.2, 0.25) is 5.91 Å². The van der Waals surface area contributed by atoms with Crippen molar-refractivity contribution in [2.24, 2.45) is 0 Å². The molecule has 33 heavy (non-hydrogen) atoms. The van der Waals surface area contributed by atoms with Crippen LogP contribution in [-0.2, 0) is 11.2 Å². The number of carbonyl (C=O) groups excluding carboxylic acids is 2. The molecule has 3 amide bonds. The Morgan fingerprint density at radius 2 is 1.91 bits per heavy atom. The number of hydrogen-bond donors (Lipinski definition) is 2. The second-order valence-corrected chi connectivity index (χ2v) is 8.25. The van der Waals surface area contributed by atoms with Crippen molar-refractivity contribution in [3.8, 4) is 0 Å². The monoisotopic (exact) mass is 446 g/mol. The lowest BCUT2D eigenvalue weighted by Gasteiger charge is -2.58. The molecule has 3 heterocycles. The van der Waals surface area contributed by atoms with Gasteiger partial charge in [-0.2, -0.15) is 0 Å². The number of aromatic nitrogens is 1. The van der Waals surface area contributed by atoms with Crippen LogP contribution in [0.3, 0.4) is 0 Å². The number of fused-ring (bicyclic) bond motifs is 3. The quantitative estimate of drug-likeness (QED) is 0.645. The highest BCUT2D eigenvalue weighted by Gasteiger charge is 2.55. The molecular formula is C25H23FN4O3. The fraction of sp³-hybridized carbons (Fsp3) is 0.240. The van der Waals surface area contributed by atoms with Gasteiger partial charge in [0.05, 0.1) is 25.1 Å². The average Bonchev–Trinajstić information content (AvgIpc) is 2.80. The van der Waals surface area contributed by atoms with E-state index in [0.717, 1.165) is 11.3 Å². The van der Waals surface area contributed by atoms with Gasteiger partial charge in [0, 0.05) is 35.7 Å². The van der Waals surface area contributed by atoms with Gasteiger partial charge < -0.3 is 15.3 Å². The van der Waals surface area contributed by atoms with Crippen molar-refractivity contribution in [1.29, 1.82) is 0 Å². The van der Waals surface area contributed by atoms with Gasteiger partial charge in [-0.25, -0.2) is 9.18 Å². The molecule has 3 atom stereocenters. The molecule has 5 rings (SSSR count). The molecule has 0 saturated carbocycles. The number of amides is 3. The number of likely N-dealkylation sites (tertiary alicyclic amines) is 1. The van der Waals surface area contributed by atoms with E-state index in [1.54, 1.807) is 34.2 Å². The Balaban J connectivity index is 1.42. The largest absolute Gasteiger partial charge is 0.394 e. The molecule has 2 aliphatic heterocycles. The Kier molecular flexibility index (Phi) is 5.51. The van der Waals surface area contributed by atoms with Crippen molar-refractivity contribution in [2.75, 3.05) is 23.4 Å². The summed E-state index contributed by atoms with van der Waals surface area (Å²) in [4.78, 5) is 33.8. The zero-order valence-corrected chi connectivity index (χ0v) is 17.8. The number of nitrogens with zero attached hydrogens (tertiary/aromatic N) is 3. The summed E-state index contributed by atoms with van der Waals surface area (Å²) in [5, 5.41) is 12.8. The topological polar surface area (TPSA) is 85.8 Å². The summed E-state index contributed by atoms with van der Waals surface area (Å²) in [6, 6.07) is 17.6. The van der Waals surface area contributed by atoms with Crippen molar-refractivity contribution < 1.29 is 19.1 Å². The Hall–Kier alpha value is -3.78. The van der Waals surface area contributed by atoms with E-state index >= 15 is 0 Å². The predicted octanol–water partition coefficient (Wildman–Crippen LogP) is 3.17. The van der Waals surface area contributed by atoms with Gasteiger partial charge in [0.1, 0.15) is 5.82 Å². The molecule has 1 aromatic heterocycles. The predicted molar refractivity (Wildman–Crippen MR) is 121 cm³/mol. The lowest BCUT2D eigenvalue weighted by Crippen LogP contribution is -2.71. The summed E-state index contributed by atoms with van der Waals surface area (Å²) in [6.07, 6.45) is 1.76. The average molecular weight is 446 g/mol. The molecule has 3 aromatic rings. The van der Waals surface area contributed by atoms with E-state index in [2.05, 4.69) is 10.3 Å². The molecule has 2 N–H and O–H groups in total. The van der Waals surface area contributed by atoms with Gasteiger partial charge in [0.15, 0.2) is 0 Å². The van der Waals surface area contributed by atoms with Gasteiger partial charge in [-0.15, -0.1) is 0 Å². The van der Waals surface area contributed by atoms with Gasteiger partial charge in [-0.3, -0.25) is 14.7 Å². The highest BCUT2D eigenvalue weighted by Crippen LogP contribution is 2.48. The van der Waals surface area contributed by atoms with Crippen LogP contribution in [0, 0.1) is 5.82 Å². The zero-order chi connectivity index (χ0) is 22.9. The summed E-state index contributed by atoms with van der Waals surface area (Å²) in [5.41, 5.74) is 2.64. The number of carbonyl (C=O) groups is 2. The van der Waals surface area contributed by atoms with Crippen LogP contribution in [0.25, 0.3) is 0 Å². The molecule has 168 valence electrons. The molecule has 2 aromatic carbocycles. The Morgan fingerprint density at radius 1 is 1.09 bits per heavy atom. The van der Waals surface area contributed by atoms with Crippen LogP contribution in [0.5, 0.6) is 0 Å². The molecule has 8 heteroatoms. The van der Waals surface area contributed by atoms with Crippen molar-refractivity contribution in [3.05, 3.63) is 90.0 Å². The first-order valence-corrected chi connectivity index (χ1v) is 10.8. The smallest absolute Gasteiger partial charge is 0.326 e. The third-order valence-electron chi connectivity index (χ3n) is 6.35. The second-order valence-electron chi connectivity index (χ2n) is 8.25. The Labute approximate surface area is 190 Å². The van der Waals surface area contributed by atoms with E-state index < -0.39 is 11.8 Å². The number of benzene rings is 2. The SMILES string of the molecule is O=C(Nc1cccc(F)c1)N1C[C@@H]2[C@H](c3ccccc31)[C@H](CO)N2C(=O)Cc1ccccn1. The van der Waals surface area contributed by atoms with Crippen molar-refractivity contribution in [1.82, 2.24) is 9.88 Å². The van der Waals surface area contributed by atoms with Crippen LogP contribution in [-0.4, -0.2) is 52.2 Å². The lowest BCUT2D eigenvalue weighted by atomic mass is 9.71. The fourth-order valence-electron chi connectivity index (χ4n) is 4.93. The molecule has 1 fully saturated rings. The summed E-state index contributed by atoms with van der Waals surface area (Å²) < 4.78 is 13.6. The van der Waals surface area contributed by atoms with Gasteiger partial charge in [-0.1, -0.05) is 30.3 Å². The molecule has 7 nitrogen and oxygen atoms in total. The number of hydrogen-bond acceptors (Lipinski definition) is 4. The maximum absolute atomic E-state index is 13.6. The van der Waals surface area contributed by atoms with Crippen molar-refractivity contribution in [3.63, 3.8) is 0 Å². The summed E-state index contributed by atoms with van der Waals surface area (Å²) in [5.74, 6) is -0.654. The van der Waals surface area contributed by atoms with E-state index in [-0.39, 0.29) is 43.5 Å². The summed E-state index contributed by atoms with van der Waals surface area (Å²) in [7, 11) is 0. The van der Waals surface area contributed by atoms with E-state index in [9.17, 15) is 19.1 Å². The van der Waals surface area contributed by atoms with E-state index in [1.807, 2.05) is 30.3 Å². The van der Waals surface area contributed by atoms with Crippen molar-refractivity contribution >= 4 is 23.3 Å². The number of rotatable bonds is 4. The number of anilines is 2. The van der Waals surface area contributed by atoms with Gasteiger partial charge in [0.25, 0.3) is 0 Å². The number of urea groups is 1. The first-order chi connectivity index (χ1) is 16.1. The standard InChI is InChI=1S/C25H23FN4O3/c26-16-6-5-8-18(12-16)28-25(33)29-14-21-24(19-9-1-2-10-20(19)29)22(15-31)30(21)23(32)13-17-7-3-4-11-27-17/h1-12,21-22,24,31H,13-15H2,(H,28,33)/t21-,22+,24+/m1/s1. The highest BCUT2D eigenvalue weighted by molar-refractivity contribution is 6.03. The maximum atomic E-state index is 13.6. The number of halogens is 1. The van der Waals surface area contributed by atoms with E-state index in [1.165, 1.54) is 18.2 Å². The van der Waals surface area contributed by atoms with E-state index in [0.29, 0.717) is 11.4 Å². The van der Waals surface area contributed by atoms with Crippen LogP contribution in [0.15, 0.2) is 72.9 Å². The Morgan fingerprint density at radius 3 is 2.67 bits per heavy atom. The molecular weight excluding hydrogens is 423 g/mol. The van der Waals surface area contributed by atoms with Crippen LogP contribution < -0.4 is 10.2 Å². The van der Waals surface area contributed by atoms with Crippen LogP contribution in [0.1, 0.15) is 17.2 Å². The first kappa shape index (κ1) is 21.1. The lowest BCUT2D eigenvalue weighted by molar-refractivity contribution is -0.149. The molecule has 0 bridgehead atoms. The van der Waals surface area contributed by atoms with Crippen LogP contribution >= 0.6 is 0 Å². The number of aliphatic hydroxyl groups excluding tert-OH is 1. The normalized spacial score (nSPS) is 21.0. The molecule has 0 spiro atoms. The van der Waals surface area contributed by atoms with Crippen LogP contribution in [0.4, 0.5) is 20.6 Å². The third-order valence-corrected chi connectivity index (χ3v) is 6.35. The molecule has 2 aliphatic rings. The molecule has 1 saturated heterocycles. The third kappa shape index (κ3) is 3.82. The number of para-hydroxylation sites is 1. The first-order valence-electron chi connectivity index (χ1n) is 10.8. The number of pyridine rings is 1. The van der Waals surface area contributed by atoms with E-state index in [4.69, 9.17) is 0 Å². The van der Waals surface area contributed by atoms with Gasteiger partial charge >= 0.3 is 6.03 Å². The maximum Gasteiger partial charge on any atom is 0.326 e. The minimum Gasteiger partial charge on any atom is -0.394 e. The van der Waals surface area contributed by atoms with Crippen LogP contribution in [0.2, 0.25) is 0 Å². The van der Waals surface area contributed by atoms with Gasteiger partial charge in [-0.05, 0) is 42.0 Å². The molecule has 0 aliphatic carbocycles. The molecule has 0 radical (unpaired) electrons. The fourth-order valence-corrected chi connectivity index (χ4v) is 4.93. The molecule has 0 unspecified atom stereocenters. The minimum absolute atomic E-state index is 0.0721. The zero-order valence-electron chi connectivity index (χ0n) is 17.8. The number of nitrogens with one attached hydrogen (secondary N) is 1. The minimum atomic E-state index is -0.442. The summed E-state index contributed by atoms with van der Waals surface area (Å²) >= 11 is 0.